The highest BCUT2D eigenvalue weighted by atomic mass is 35.5. The van der Waals surface area contributed by atoms with E-state index < -0.39 is 0 Å². The fraction of sp³-hybridized carbons (Fsp3) is 0.750. The maximum Gasteiger partial charge on any atom is 0.147 e. The van der Waals surface area contributed by atoms with E-state index in [1.165, 1.54) is 0 Å². The van der Waals surface area contributed by atoms with Crippen molar-refractivity contribution in [1.82, 2.24) is 14.8 Å². The summed E-state index contributed by atoms with van der Waals surface area (Å²) < 4.78 is 6.99. The molecule has 0 aromatic carbocycles. The summed E-state index contributed by atoms with van der Waals surface area (Å²) in [6, 6.07) is 0. The third kappa shape index (κ3) is 2.42. The van der Waals surface area contributed by atoms with Crippen LogP contribution in [-0.4, -0.2) is 28.5 Å². The predicted molar refractivity (Wildman–Crippen MR) is 50.8 cm³/mol. The van der Waals surface area contributed by atoms with Crippen LogP contribution in [0.5, 0.6) is 0 Å². The van der Waals surface area contributed by atoms with Crippen LogP contribution < -0.4 is 0 Å². The molecule has 0 aliphatic heterocycles. The van der Waals surface area contributed by atoms with Crippen LogP contribution in [0.1, 0.15) is 18.6 Å². The van der Waals surface area contributed by atoms with E-state index in [9.17, 15) is 0 Å². The lowest BCUT2D eigenvalue weighted by Crippen LogP contribution is -2.07. The molecule has 13 heavy (non-hydrogen) atoms. The Kier molecular flexibility index (Phi) is 4.18. The van der Waals surface area contributed by atoms with Crippen LogP contribution in [0.2, 0.25) is 0 Å². The molecule has 4 nitrogen and oxygen atoms in total. The monoisotopic (exact) mass is 203 g/mol. The summed E-state index contributed by atoms with van der Waals surface area (Å²) in [6.07, 6.45) is 0.786. The van der Waals surface area contributed by atoms with Crippen molar-refractivity contribution in [2.45, 2.75) is 25.8 Å². The van der Waals surface area contributed by atoms with Gasteiger partial charge in [-0.15, -0.1) is 21.8 Å². The number of rotatable bonds is 5. The van der Waals surface area contributed by atoms with Gasteiger partial charge < -0.3 is 9.30 Å². The second-order valence-corrected chi connectivity index (χ2v) is 2.92. The van der Waals surface area contributed by atoms with Crippen molar-refractivity contribution in [3.05, 3.63) is 11.6 Å². The highest BCUT2D eigenvalue weighted by Crippen LogP contribution is 2.05. The molecule has 0 fully saturated rings. The van der Waals surface area contributed by atoms with Crippen molar-refractivity contribution in [3.63, 3.8) is 0 Å². The molecule has 0 unspecified atom stereocenters. The standard InChI is InChI=1S/C8H14ClN3O/c1-3-12-7(4-5-13-2)10-11-8(12)6-9/h3-6H2,1-2H3. The fourth-order valence-corrected chi connectivity index (χ4v) is 1.41. The van der Waals surface area contributed by atoms with Crippen LogP contribution in [0.4, 0.5) is 0 Å². The second kappa shape index (κ2) is 5.19. The van der Waals surface area contributed by atoms with Gasteiger partial charge in [-0.25, -0.2) is 0 Å². The Bertz CT molecular complexity index is 262. The summed E-state index contributed by atoms with van der Waals surface area (Å²) in [5.74, 6) is 2.18. The van der Waals surface area contributed by atoms with E-state index in [0.717, 1.165) is 24.6 Å². The van der Waals surface area contributed by atoms with Gasteiger partial charge in [-0.05, 0) is 6.92 Å². The van der Waals surface area contributed by atoms with Crippen molar-refractivity contribution >= 4 is 11.6 Å². The Morgan fingerprint density at radius 3 is 2.62 bits per heavy atom. The average molecular weight is 204 g/mol. The lowest BCUT2D eigenvalue weighted by molar-refractivity contribution is 0.199. The van der Waals surface area contributed by atoms with Gasteiger partial charge in [0.15, 0.2) is 0 Å². The first-order valence-corrected chi connectivity index (χ1v) is 4.82. The highest BCUT2D eigenvalue weighted by molar-refractivity contribution is 6.16. The zero-order valence-corrected chi connectivity index (χ0v) is 8.71. The van der Waals surface area contributed by atoms with Crippen molar-refractivity contribution in [2.75, 3.05) is 13.7 Å². The number of nitrogens with zero attached hydrogens (tertiary/aromatic N) is 3. The number of methoxy groups -OCH3 is 1. The van der Waals surface area contributed by atoms with E-state index >= 15 is 0 Å². The molecule has 0 bridgehead atoms. The van der Waals surface area contributed by atoms with Crippen molar-refractivity contribution in [1.29, 1.82) is 0 Å². The number of hydrogen-bond acceptors (Lipinski definition) is 3. The van der Waals surface area contributed by atoms with Crippen molar-refractivity contribution in [2.24, 2.45) is 0 Å². The maximum absolute atomic E-state index is 5.70. The molecule has 0 amide bonds. The average Bonchev–Trinajstić information content (AvgIpc) is 2.56. The molecular weight excluding hydrogens is 190 g/mol. The second-order valence-electron chi connectivity index (χ2n) is 2.65. The Morgan fingerprint density at radius 1 is 1.38 bits per heavy atom. The van der Waals surface area contributed by atoms with E-state index in [4.69, 9.17) is 16.3 Å². The molecule has 0 N–H and O–H groups in total. The molecular formula is C8H14ClN3O. The van der Waals surface area contributed by atoms with Gasteiger partial charge in [0.25, 0.3) is 0 Å². The minimum absolute atomic E-state index is 0.411. The minimum atomic E-state index is 0.411. The summed E-state index contributed by atoms with van der Waals surface area (Å²) in [4.78, 5) is 0. The van der Waals surface area contributed by atoms with Crippen LogP contribution >= 0.6 is 11.6 Å². The largest absolute Gasteiger partial charge is 0.384 e. The zero-order valence-electron chi connectivity index (χ0n) is 7.96. The number of aromatic nitrogens is 3. The predicted octanol–water partition coefficient (Wildman–Crippen LogP) is 1.23. The van der Waals surface area contributed by atoms with Gasteiger partial charge in [0.2, 0.25) is 0 Å². The van der Waals surface area contributed by atoms with Gasteiger partial charge in [-0.2, -0.15) is 0 Å². The van der Waals surface area contributed by atoms with Crippen LogP contribution in [0.15, 0.2) is 0 Å². The first-order valence-electron chi connectivity index (χ1n) is 4.29. The third-order valence-corrected chi connectivity index (χ3v) is 2.11. The zero-order chi connectivity index (χ0) is 9.68. The first kappa shape index (κ1) is 10.5. The Morgan fingerprint density at radius 2 is 2.08 bits per heavy atom. The van der Waals surface area contributed by atoms with Crippen LogP contribution in [0.25, 0.3) is 0 Å². The molecule has 0 radical (unpaired) electrons. The smallest absolute Gasteiger partial charge is 0.147 e. The van der Waals surface area contributed by atoms with Gasteiger partial charge in [-0.1, -0.05) is 0 Å². The van der Waals surface area contributed by atoms with Gasteiger partial charge in [0.05, 0.1) is 12.5 Å². The molecule has 0 saturated carbocycles. The number of halogens is 1. The molecule has 5 heteroatoms. The Balaban J connectivity index is 2.75. The van der Waals surface area contributed by atoms with Crippen LogP contribution in [-0.2, 0) is 23.6 Å². The Labute approximate surface area is 82.9 Å². The molecule has 1 aromatic heterocycles. The Hall–Kier alpha value is -0.610. The van der Waals surface area contributed by atoms with Crippen LogP contribution in [0.3, 0.4) is 0 Å². The molecule has 74 valence electrons. The van der Waals surface area contributed by atoms with Gasteiger partial charge >= 0.3 is 0 Å². The molecule has 0 aliphatic carbocycles. The summed E-state index contributed by atoms with van der Waals surface area (Å²) >= 11 is 5.70. The fourth-order valence-electron chi connectivity index (χ4n) is 1.21. The highest BCUT2D eigenvalue weighted by Gasteiger charge is 2.08. The van der Waals surface area contributed by atoms with E-state index in [0.29, 0.717) is 12.5 Å². The maximum atomic E-state index is 5.70. The number of hydrogen-bond donors (Lipinski definition) is 0. The minimum Gasteiger partial charge on any atom is -0.384 e. The third-order valence-electron chi connectivity index (χ3n) is 1.87. The molecule has 0 aliphatic rings. The normalized spacial score (nSPS) is 10.7. The SMILES string of the molecule is CCn1c(CCl)nnc1CCOC. The number of ether oxygens (including phenoxy) is 1. The lowest BCUT2D eigenvalue weighted by Gasteiger charge is -2.04. The van der Waals surface area contributed by atoms with E-state index in [2.05, 4.69) is 17.1 Å². The molecule has 1 heterocycles. The quantitative estimate of drug-likeness (QED) is 0.676. The van der Waals surface area contributed by atoms with E-state index in [1.807, 2.05) is 4.57 Å². The molecule has 1 rings (SSSR count). The van der Waals surface area contributed by atoms with E-state index in [1.54, 1.807) is 7.11 Å². The van der Waals surface area contributed by atoms with Crippen molar-refractivity contribution in [3.8, 4) is 0 Å². The van der Waals surface area contributed by atoms with Crippen LogP contribution in [0, 0.1) is 0 Å². The van der Waals surface area contributed by atoms with Crippen molar-refractivity contribution < 1.29 is 4.74 Å². The molecule has 1 aromatic rings. The summed E-state index contributed by atoms with van der Waals surface area (Å²) in [5.41, 5.74) is 0. The summed E-state index contributed by atoms with van der Waals surface area (Å²) in [5, 5.41) is 8.03. The molecule has 0 atom stereocenters. The topological polar surface area (TPSA) is 39.9 Å². The summed E-state index contributed by atoms with van der Waals surface area (Å²) in [6.45, 7) is 3.57. The van der Waals surface area contributed by atoms with Gasteiger partial charge in [0, 0.05) is 20.1 Å². The lowest BCUT2D eigenvalue weighted by atomic mass is 10.4. The molecule has 0 spiro atoms. The van der Waals surface area contributed by atoms with Gasteiger partial charge in [-0.3, -0.25) is 0 Å². The molecule has 0 saturated heterocycles. The van der Waals surface area contributed by atoms with E-state index in [-0.39, 0.29) is 0 Å². The first-order chi connectivity index (χ1) is 6.33. The number of alkyl halides is 1. The summed E-state index contributed by atoms with van der Waals surface area (Å²) in [7, 11) is 1.68. The van der Waals surface area contributed by atoms with Gasteiger partial charge in [0.1, 0.15) is 11.6 Å².